The average Bonchev–Trinajstić information content (AvgIpc) is 3.12. The van der Waals surface area contributed by atoms with Gasteiger partial charge in [0, 0.05) is 5.02 Å². The third kappa shape index (κ3) is 3.94. The van der Waals surface area contributed by atoms with Gasteiger partial charge < -0.3 is 20.1 Å². The van der Waals surface area contributed by atoms with E-state index in [-0.39, 0.29) is 18.7 Å². The lowest BCUT2D eigenvalue weighted by Crippen LogP contribution is -2.49. The van der Waals surface area contributed by atoms with Gasteiger partial charge in [-0.1, -0.05) is 35.9 Å². The summed E-state index contributed by atoms with van der Waals surface area (Å²) in [6.45, 7) is 1.50. The quantitative estimate of drug-likeness (QED) is 0.694. The molecule has 3 amide bonds. The van der Waals surface area contributed by atoms with Crippen molar-refractivity contribution in [2.75, 3.05) is 25.6 Å². The Labute approximate surface area is 183 Å². The lowest BCUT2D eigenvalue weighted by molar-refractivity contribution is -0.136. The third-order valence-electron chi connectivity index (χ3n) is 5.15. The highest BCUT2D eigenvalue weighted by atomic mass is 35.5. The van der Waals surface area contributed by atoms with Crippen molar-refractivity contribution in [3.05, 3.63) is 69.9 Å². The Hall–Kier alpha value is -3.52. The van der Waals surface area contributed by atoms with Gasteiger partial charge in [-0.2, -0.15) is 0 Å². The molecule has 4 rings (SSSR count). The number of urea groups is 1. The fourth-order valence-corrected chi connectivity index (χ4v) is 3.92. The summed E-state index contributed by atoms with van der Waals surface area (Å²) in [5.41, 5.74) is 2.64. The molecule has 2 aromatic carbocycles. The molecule has 160 valence electrons. The number of methoxy groups -OCH3 is 1. The van der Waals surface area contributed by atoms with Crippen LogP contribution in [0.25, 0.3) is 0 Å². The van der Waals surface area contributed by atoms with Gasteiger partial charge in [0.25, 0.3) is 0 Å². The summed E-state index contributed by atoms with van der Waals surface area (Å²) >= 11 is 6.28. The summed E-state index contributed by atoms with van der Waals surface area (Å²) in [4.78, 5) is 39.2. The highest BCUT2D eigenvalue weighted by Crippen LogP contribution is 2.37. The number of esters is 1. The normalized spacial score (nSPS) is 17.8. The summed E-state index contributed by atoms with van der Waals surface area (Å²) in [6.07, 6.45) is 0. The SMILES string of the molecule is COc1ccc(C)cc1NC(=O)CN1C(=O)N[C@H](c2ccccc2Cl)C2=C1COC2=O. The zero-order chi connectivity index (χ0) is 22.1. The van der Waals surface area contributed by atoms with Crippen LogP contribution in [0.2, 0.25) is 5.02 Å². The number of amides is 3. The van der Waals surface area contributed by atoms with Crippen LogP contribution >= 0.6 is 11.6 Å². The van der Waals surface area contributed by atoms with E-state index in [2.05, 4.69) is 10.6 Å². The Morgan fingerprint density at radius 3 is 2.81 bits per heavy atom. The number of carbonyl (C=O) groups is 3. The van der Waals surface area contributed by atoms with Crippen LogP contribution in [0.4, 0.5) is 10.5 Å². The molecule has 0 radical (unpaired) electrons. The van der Waals surface area contributed by atoms with Crippen molar-refractivity contribution >= 4 is 35.2 Å². The molecule has 1 atom stereocenters. The topological polar surface area (TPSA) is 97.0 Å². The van der Waals surface area contributed by atoms with Crippen molar-refractivity contribution in [3.63, 3.8) is 0 Å². The minimum absolute atomic E-state index is 0.0937. The summed E-state index contributed by atoms with van der Waals surface area (Å²) in [5, 5.41) is 5.94. The average molecular weight is 442 g/mol. The van der Waals surface area contributed by atoms with Gasteiger partial charge in [-0.25, -0.2) is 9.59 Å². The first kappa shape index (κ1) is 20.7. The maximum atomic E-state index is 12.9. The first-order valence-corrected chi connectivity index (χ1v) is 9.94. The Bertz CT molecular complexity index is 1110. The molecule has 2 heterocycles. The van der Waals surface area contributed by atoms with Crippen LogP contribution in [0.5, 0.6) is 5.75 Å². The molecule has 0 unspecified atom stereocenters. The smallest absolute Gasteiger partial charge is 0.338 e. The van der Waals surface area contributed by atoms with Gasteiger partial charge in [-0.3, -0.25) is 9.69 Å². The van der Waals surface area contributed by atoms with Gasteiger partial charge in [0.2, 0.25) is 5.91 Å². The highest BCUT2D eigenvalue weighted by Gasteiger charge is 2.43. The number of nitrogens with zero attached hydrogens (tertiary/aromatic N) is 1. The maximum absolute atomic E-state index is 12.9. The van der Waals surface area contributed by atoms with E-state index in [1.54, 1.807) is 36.4 Å². The van der Waals surface area contributed by atoms with Gasteiger partial charge in [0.15, 0.2) is 0 Å². The van der Waals surface area contributed by atoms with Crippen molar-refractivity contribution in [3.8, 4) is 5.75 Å². The van der Waals surface area contributed by atoms with Crippen molar-refractivity contribution in [1.82, 2.24) is 10.2 Å². The minimum atomic E-state index is -0.748. The van der Waals surface area contributed by atoms with Crippen molar-refractivity contribution < 1.29 is 23.9 Å². The number of rotatable bonds is 5. The molecule has 2 aliphatic heterocycles. The standard InChI is InChI=1S/C22H20ClN3O5/c1-12-7-8-17(30-2)15(9-12)24-18(27)10-26-16-11-31-21(28)19(16)20(25-22(26)29)13-5-3-4-6-14(13)23/h3-9,20H,10-11H2,1-2H3,(H,24,27)(H,25,29)/t20-/m1/s1. The van der Waals surface area contributed by atoms with E-state index < -0.39 is 23.9 Å². The molecule has 2 N–H and O–H groups in total. The molecule has 31 heavy (non-hydrogen) atoms. The second-order valence-corrected chi connectivity index (χ2v) is 7.59. The number of nitrogens with one attached hydrogen (secondary N) is 2. The number of anilines is 1. The molecule has 0 aromatic heterocycles. The lowest BCUT2D eigenvalue weighted by atomic mass is 9.95. The Morgan fingerprint density at radius 2 is 2.06 bits per heavy atom. The van der Waals surface area contributed by atoms with Crippen molar-refractivity contribution in [1.29, 1.82) is 0 Å². The molecule has 0 spiro atoms. The summed E-state index contributed by atoms with van der Waals surface area (Å²) in [6, 6.07) is 11.0. The first-order valence-electron chi connectivity index (χ1n) is 9.56. The third-order valence-corrected chi connectivity index (χ3v) is 5.49. The van der Waals surface area contributed by atoms with Crippen molar-refractivity contribution in [2.45, 2.75) is 13.0 Å². The largest absolute Gasteiger partial charge is 0.495 e. The number of hydrogen-bond acceptors (Lipinski definition) is 5. The van der Waals surface area contributed by atoms with Gasteiger partial charge in [0.05, 0.1) is 30.1 Å². The molecule has 0 fully saturated rings. The lowest BCUT2D eigenvalue weighted by Gasteiger charge is -2.32. The second kappa shape index (κ2) is 8.31. The van der Waals surface area contributed by atoms with Gasteiger partial charge in [-0.15, -0.1) is 0 Å². The van der Waals surface area contributed by atoms with Crippen LogP contribution < -0.4 is 15.4 Å². The molecule has 2 aromatic rings. The summed E-state index contributed by atoms with van der Waals surface area (Å²) in [7, 11) is 1.51. The molecule has 8 nitrogen and oxygen atoms in total. The van der Waals surface area contributed by atoms with Crippen LogP contribution in [-0.4, -0.2) is 43.1 Å². The molecule has 0 saturated carbocycles. The maximum Gasteiger partial charge on any atom is 0.338 e. The van der Waals surface area contributed by atoms with Gasteiger partial charge >= 0.3 is 12.0 Å². The monoisotopic (exact) mass is 441 g/mol. The highest BCUT2D eigenvalue weighted by molar-refractivity contribution is 6.31. The second-order valence-electron chi connectivity index (χ2n) is 7.18. The number of benzene rings is 2. The first-order chi connectivity index (χ1) is 14.9. The van der Waals surface area contributed by atoms with E-state index in [0.717, 1.165) is 5.56 Å². The molecule has 2 aliphatic rings. The predicted octanol–water partition coefficient (Wildman–Crippen LogP) is 3.17. The van der Waals surface area contributed by atoms with Gasteiger partial charge in [0.1, 0.15) is 18.9 Å². The van der Waals surface area contributed by atoms with Crippen LogP contribution in [0, 0.1) is 6.92 Å². The number of ether oxygens (including phenoxy) is 2. The Kier molecular flexibility index (Phi) is 5.56. The Balaban J connectivity index is 1.61. The number of hydrogen-bond donors (Lipinski definition) is 2. The minimum Gasteiger partial charge on any atom is -0.495 e. The van der Waals surface area contributed by atoms with E-state index in [0.29, 0.717) is 27.7 Å². The van der Waals surface area contributed by atoms with E-state index >= 15 is 0 Å². The molecule has 0 aliphatic carbocycles. The van der Waals surface area contributed by atoms with E-state index in [1.165, 1.54) is 12.0 Å². The zero-order valence-electron chi connectivity index (χ0n) is 16.9. The van der Waals surface area contributed by atoms with Crippen LogP contribution in [0.3, 0.4) is 0 Å². The number of halogens is 1. The summed E-state index contributed by atoms with van der Waals surface area (Å²) in [5.74, 6) is -0.493. The fraction of sp³-hybridized carbons (Fsp3) is 0.227. The fourth-order valence-electron chi connectivity index (χ4n) is 3.67. The van der Waals surface area contributed by atoms with Gasteiger partial charge in [-0.05, 0) is 36.2 Å². The molecular weight excluding hydrogens is 422 g/mol. The molecule has 9 heteroatoms. The molecule has 0 bridgehead atoms. The van der Waals surface area contributed by atoms with Crippen LogP contribution in [0.1, 0.15) is 17.2 Å². The predicted molar refractivity (Wildman–Crippen MR) is 114 cm³/mol. The van der Waals surface area contributed by atoms with E-state index in [1.807, 2.05) is 13.0 Å². The van der Waals surface area contributed by atoms with E-state index in [9.17, 15) is 14.4 Å². The molecular formula is C22H20ClN3O5. The number of aryl methyl sites for hydroxylation is 1. The number of carbonyl (C=O) groups excluding carboxylic acids is 3. The summed E-state index contributed by atoms with van der Waals surface area (Å²) < 4.78 is 10.5. The van der Waals surface area contributed by atoms with Crippen LogP contribution in [-0.2, 0) is 14.3 Å². The Morgan fingerprint density at radius 1 is 1.29 bits per heavy atom. The van der Waals surface area contributed by atoms with E-state index in [4.69, 9.17) is 21.1 Å². The zero-order valence-corrected chi connectivity index (χ0v) is 17.7. The molecule has 0 saturated heterocycles. The number of cyclic esters (lactones) is 1. The van der Waals surface area contributed by atoms with Crippen molar-refractivity contribution in [2.24, 2.45) is 0 Å². The van der Waals surface area contributed by atoms with Crippen LogP contribution in [0.15, 0.2) is 53.7 Å².